The van der Waals surface area contributed by atoms with Gasteiger partial charge in [-0.1, -0.05) is 0 Å². The summed E-state index contributed by atoms with van der Waals surface area (Å²) in [7, 11) is 2.99. The predicted molar refractivity (Wildman–Crippen MR) is 34.2 cm³/mol. The molecule has 45 valence electrons. The first-order valence-electron chi connectivity index (χ1n) is 2.31. The molecule has 0 bridgehead atoms. The molecule has 4 nitrogen and oxygen atoms in total. The fourth-order valence-corrected chi connectivity index (χ4v) is 0.587. The van der Waals surface area contributed by atoms with Gasteiger partial charge in [0.1, 0.15) is 0 Å². The molecule has 1 aromatic heterocycles. The zero-order valence-corrected chi connectivity index (χ0v) is 5.51. The van der Waals surface area contributed by atoms with E-state index >= 15 is 0 Å². The number of aromatic amines is 1. The summed E-state index contributed by atoms with van der Waals surface area (Å²) in [6.45, 7) is 0. The minimum absolute atomic E-state index is 0.363. The Bertz CT molecular complexity index is 246. The van der Waals surface area contributed by atoms with E-state index in [1.54, 1.807) is 6.07 Å². The fraction of sp³-hybridized carbons (Fsp3) is 0. The van der Waals surface area contributed by atoms with Gasteiger partial charge in [0.05, 0.1) is 5.82 Å². The maximum absolute atomic E-state index is 10.4. The van der Waals surface area contributed by atoms with E-state index in [1.807, 2.05) is 0 Å². The van der Waals surface area contributed by atoms with Gasteiger partial charge in [-0.3, -0.25) is 4.98 Å². The lowest BCUT2D eigenvalue weighted by atomic mass is 10.6. The highest BCUT2D eigenvalue weighted by Gasteiger charge is 1.84. The molecule has 0 aromatic carbocycles. The van der Waals surface area contributed by atoms with Crippen LogP contribution < -0.4 is 10.7 Å². The van der Waals surface area contributed by atoms with Gasteiger partial charge in [0.25, 0.3) is 0 Å². The normalized spacial score (nSPS) is 9.00. The molecule has 0 aliphatic heterocycles. The molecule has 0 aliphatic carbocycles. The Labute approximate surface area is 54.8 Å². The molecule has 0 amide bonds. The quantitative estimate of drug-likeness (QED) is 0.503. The van der Waals surface area contributed by atoms with Crippen molar-refractivity contribution in [3.63, 3.8) is 0 Å². The predicted octanol–water partition coefficient (Wildman–Crippen LogP) is -0.735. The van der Waals surface area contributed by atoms with Gasteiger partial charge in [-0.15, -0.1) is 0 Å². The van der Waals surface area contributed by atoms with Crippen LogP contribution in [0, 0.1) is 0 Å². The smallest absolute Gasteiger partial charge is 0.346 e. The summed E-state index contributed by atoms with van der Waals surface area (Å²) in [6, 6.07) is 1.63. The maximum atomic E-state index is 10.4. The molecular weight excluding hydrogens is 134 g/mol. The second-order valence-electron chi connectivity index (χ2n) is 1.41. The first kappa shape index (κ1) is 6.02. The molecular formula is C4H4N3OSi. The molecule has 0 spiro atoms. The minimum Gasteiger partial charge on any atom is -0.399 e. The minimum atomic E-state index is -0.363. The van der Waals surface area contributed by atoms with Crippen LogP contribution in [-0.4, -0.2) is 20.4 Å². The molecule has 0 saturated heterocycles. The Hall–Kier alpha value is -1.10. The summed E-state index contributed by atoms with van der Waals surface area (Å²) >= 11 is 0. The van der Waals surface area contributed by atoms with Crippen LogP contribution >= 0.6 is 0 Å². The van der Waals surface area contributed by atoms with Crippen LogP contribution in [0.15, 0.2) is 17.1 Å². The number of aromatic nitrogens is 2. The molecule has 5 heteroatoms. The van der Waals surface area contributed by atoms with Crippen molar-refractivity contribution in [1.82, 2.24) is 9.97 Å². The second-order valence-corrected chi connectivity index (χ2v) is 1.66. The van der Waals surface area contributed by atoms with Crippen molar-refractivity contribution in [1.29, 1.82) is 0 Å². The third-order valence-corrected chi connectivity index (χ3v) is 1.08. The molecule has 1 heterocycles. The Morgan fingerprint density at radius 2 is 2.56 bits per heavy atom. The van der Waals surface area contributed by atoms with Crippen molar-refractivity contribution in [3.8, 4) is 0 Å². The first-order valence-corrected chi connectivity index (χ1v) is 2.81. The highest BCUT2D eigenvalue weighted by atomic mass is 28.2. The molecule has 2 N–H and O–H groups in total. The van der Waals surface area contributed by atoms with E-state index in [1.165, 1.54) is 6.20 Å². The van der Waals surface area contributed by atoms with Crippen LogP contribution in [0.5, 0.6) is 0 Å². The van der Waals surface area contributed by atoms with Crippen molar-refractivity contribution >= 4 is 16.2 Å². The largest absolute Gasteiger partial charge is 0.399 e. The highest BCUT2D eigenvalue weighted by Crippen LogP contribution is 1.90. The number of nitrogens with one attached hydrogen (secondary N) is 2. The number of anilines is 1. The summed E-state index contributed by atoms with van der Waals surface area (Å²) in [4.78, 5) is 18.8. The molecule has 0 saturated carbocycles. The Kier molecular flexibility index (Phi) is 1.64. The van der Waals surface area contributed by atoms with Gasteiger partial charge in [0, 0.05) is 6.20 Å². The van der Waals surface area contributed by atoms with E-state index in [-0.39, 0.29) is 5.69 Å². The number of hydrogen-bond donors (Lipinski definition) is 2. The van der Waals surface area contributed by atoms with E-state index in [4.69, 9.17) is 0 Å². The van der Waals surface area contributed by atoms with Crippen LogP contribution in [0.3, 0.4) is 0 Å². The Morgan fingerprint density at radius 1 is 1.78 bits per heavy atom. The molecule has 3 radical (unpaired) electrons. The van der Waals surface area contributed by atoms with E-state index in [9.17, 15) is 4.79 Å². The van der Waals surface area contributed by atoms with Crippen LogP contribution in [0.1, 0.15) is 0 Å². The van der Waals surface area contributed by atoms with Crippen LogP contribution in [0.25, 0.3) is 0 Å². The average molecular weight is 138 g/mol. The van der Waals surface area contributed by atoms with Gasteiger partial charge in [-0.2, -0.15) is 0 Å². The fourth-order valence-electron chi connectivity index (χ4n) is 0.442. The molecule has 0 unspecified atom stereocenters. The number of H-pyrrole nitrogens is 1. The lowest BCUT2D eigenvalue weighted by Crippen LogP contribution is -2.10. The molecule has 1 rings (SSSR count). The van der Waals surface area contributed by atoms with Crippen molar-refractivity contribution in [2.24, 2.45) is 0 Å². The number of hydrogen-bond acceptors (Lipinski definition) is 3. The highest BCUT2D eigenvalue weighted by molar-refractivity contribution is 6.15. The average Bonchev–Trinajstić information content (AvgIpc) is 1.88. The Morgan fingerprint density at radius 3 is 3.00 bits per heavy atom. The summed E-state index contributed by atoms with van der Waals surface area (Å²) in [6.07, 6.45) is 1.42. The lowest BCUT2D eigenvalue weighted by Gasteiger charge is -1.93. The number of rotatable bonds is 1. The zero-order valence-electron chi connectivity index (χ0n) is 4.51. The van der Waals surface area contributed by atoms with Gasteiger partial charge in [-0.05, 0) is 6.07 Å². The van der Waals surface area contributed by atoms with E-state index in [0.29, 0.717) is 5.82 Å². The van der Waals surface area contributed by atoms with E-state index in [0.717, 1.165) is 0 Å². The SMILES string of the molecule is O=c1nccc(N[Si])[nH]1. The second kappa shape index (κ2) is 2.45. The topological polar surface area (TPSA) is 57.8 Å². The standard InChI is InChI=1S/C4H4N3OSi/c8-4-5-2-1-3(6-4)7-9/h1-2H,(H2,5,6,7,8). The molecule has 0 fully saturated rings. The lowest BCUT2D eigenvalue weighted by molar-refractivity contribution is 1.08. The van der Waals surface area contributed by atoms with E-state index in [2.05, 4.69) is 25.4 Å². The summed E-state index contributed by atoms with van der Waals surface area (Å²) in [5, 5.41) is 0. The van der Waals surface area contributed by atoms with Gasteiger partial charge in [-0.25, -0.2) is 9.78 Å². The van der Waals surface area contributed by atoms with Crippen molar-refractivity contribution in [3.05, 3.63) is 22.7 Å². The third-order valence-electron chi connectivity index (χ3n) is 0.809. The van der Waals surface area contributed by atoms with E-state index < -0.39 is 0 Å². The van der Waals surface area contributed by atoms with Crippen molar-refractivity contribution < 1.29 is 0 Å². The summed E-state index contributed by atoms with van der Waals surface area (Å²) in [5.74, 6) is 0.590. The zero-order chi connectivity index (χ0) is 6.69. The van der Waals surface area contributed by atoms with Crippen molar-refractivity contribution in [2.75, 3.05) is 4.98 Å². The third kappa shape index (κ3) is 1.39. The molecule has 0 aliphatic rings. The van der Waals surface area contributed by atoms with Crippen LogP contribution in [0.4, 0.5) is 5.82 Å². The van der Waals surface area contributed by atoms with Gasteiger partial charge in [0.2, 0.25) is 0 Å². The first-order chi connectivity index (χ1) is 4.33. The molecule has 0 atom stereocenters. The van der Waals surface area contributed by atoms with Gasteiger partial charge >= 0.3 is 5.69 Å². The summed E-state index contributed by atoms with van der Waals surface area (Å²) in [5.41, 5.74) is -0.363. The monoisotopic (exact) mass is 138 g/mol. The summed E-state index contributed by atoms with van der Waals surface area (Å²) < 4.78 is 0. The Balaban J connectivity index is 3.08. The number of nitrogens with zero attached hydrogens (tertiary/aromatic N) is 1. The van der Waals surface area contributed by atoms with Crippen LogP contribution in [0.2, 0.25) is 0 Å². The molecule has 1 aromatic rings. The maximum Gasteiger partial charge on any atom is 0.346 e. The van der Waals surface area contributed by atoms with Crippen molar-refractivity contribution in [2.45, 2.75) is 0 Å². The van der Waals surface area contributed by atoms with Crippen LogP contribution in [-0.2, 0) is 0 Å². The molecule has 9 heavy (non-hydrogen) atoms. The van der Waals surface area contributed by atoms with Gasteiger partial charge in [0.15, 0.2) is 10.4 Å². The van der Waals surface area contributed by atoms with Gasteiger partial charge < -0.3 is 4.98 Å².